The molecule has 2 rings (SSSR count). The van der Waals surface area contributed by atoms with Gasteiger partial charge >= 0.3 is 0 Å². The summed E-state index contributed by atoms with van der Waals surface area (Å²) < 4.78 is 39.6. The summed E-state index contributed by atoms with van der Waals surface area (Å²) in [6, 6.07) is 7.08. The molecule has 0 bridgehead atoms. The van der Waals surface area contributed by atoms with Crippen LogP contribution in [0.4, 0.5) is 4.39 Å². The van der Waals surface area contributed by atoms with E-state index >= 15 is 0 Å². The van der Waals surface area contributed by atoms with E-state index in [0.29, 0.717) is 5.56 Å². The number of aromatic nitrogens is 1. The molecule has 1 aromatic heterocycles. The van der Waals surface area contributed by atoms with Crippen LogP contribution in [0.3, 0.4) is 0 Å². The molecule has 100 valence electrons. The summed E-state index contributed by atoms with van der Waals surface area (Å²) in [6.07, 6.45) is 3.20. The van der Waals surface area contributed by atoms with Gasteiger partial charge in [0, 0.05) is 18.9 Å². The Bertz CT molecular complexity index is 672. The van der Waals surface area contributed by atoms with Crippen molar-refractivity contribution < 1.29 is 12.8 Å². The van der Waals surface area contributed by atoms with Crippen LogP contribution in [0.2, 0.25) is 0 Å². The lowest BCUT2D eigenvalue weighted by Crippen LogP contribution is -2.24. The Hall–Kier alpha value is -1.79. The highest BCUT2D eigenvalue weighted by Gasteiger charge is 2.16. The van der Waals surface area contributed by atoms with Crippen molar-refractivity contribution in [2.75, 3.05) is 0 Å². The van der Waals surface area contributed by atoms with Gasteiger partial charge in [0.1, 0.15) is 5.82 Å². The molecular weight excluding hydrogens is 267 g/mol. The molecule has 0 fully saturated rings. The van der Waals surface area contributed by atoms with Crippen LogP contribution in [-0.2, 0) is 16.6 Å². The SMILES string of the molecule is Cc1cc(F)ccc1S(=O)(=O)NCc1cccnc1. The van der Waals surface area contributed by atoms with Crippen LogP contribution >= 0.6 is 0 Å². The molecule has 0 atom stereocenters. The van der Waals surface area contributed by atoms with Crippen LogP contribution in [0.1, 0.15) is 11.1 Å². The third-order valence-electron chi connectivity index (χ3n) is 2.62. The number of sulfonamides is 1. The number of rotatable bonds is 4. The normalized spacial score (nSPS) is 11.5. The minimum Gasteiger partial charge on any atom is -0.264 e. The van der Waals surface area contributed by atoms with E-state index in [1.807, 2.05) is 0 Å². The Balaban J connectivity index is 2.19. The average molecular weight is 280 g/mol. The number of aryl methyl sites for hydroxylation is 1. The molecule has 0 saturated carbocycles. The molecule has 0 amide bonds. The largest absolute Gasteiger partial charge is 0.264 e. The predicted octanol–water partition coefficient (Wildman–Crippen LogP) is 2.01. The summed E-state index contributed by atoms with van der Waals surface area (Å²) in [7, 11) is -3.65. The lowest BCUT2D eigenvalue weighted by atomic mass is 10.2. The summed E-state index contributed by atoms with van der Waals surface area (Å²) in [6.45, 7) is 1.70. The number of pyridine rings is 1. The van der Waals surface area contributed by atoms with Crippen molar-refractivity contribution in [2.45, 2.75) is 18.4 Å². The van der Waals surface area contributed by atoms with Crippen molar-refractivity contribution in [3.63, 3.8) is 0 Å². The highest BCUT2D eigenvalue weighted by Crippen LogP contribution is 2.16. The Morgan fingerprint density at radius 1 is 1.32 bits per heavy atom. The first-order chi connectivity index (χ1) is 8.99. The maximum absolute atomic E-state index is 13.0. The molecule has 0 aliphatic rings. The van der Waals surface area contributed by atoms with Gasteiger partial charge < -0.3 is 0 Å². The molecular formula is C13H13FN2O2S. The van der Waals surface area contributed by atoms with Crippen LogP contribution in [0.5, 0.6) is 0 Å². The maximum Gasteiger partial charge on any atom is 0.241 e. The van der Waals surface area contributed by atoms with E-state index in [2.05, 4.69) is 9.71 Å². The minimum absolute atomic E-state index is 0.0813. The van der Waals surface area contributed by atoms with Crippen LogP contribution in [-0.4, -0.2) is 13.4 Å². The highest BCUT2D eigenvalue weighted by atomic mass is 32.2. The van der Waals surface area contributed by atoms with Crippen molar-refractivity contribution in [3.8, 4) is 0 Å². The van der Waals surface area contributed by atoms with Gasteiger partial charge in [-0.3, -0.25) is 4.98 Å². The molecule has 0 saturated heterocycles. The van der Waals surface area contributed by atoms with E-state index in [0.717, 1.165) is 11.6 Å². The van der Waals surface area contributed by atoms with Crippen molar-refractivity contribution in [1.29, 1.82) is 0 Å². The molecule has 2 aromatic rings. The van der Waals surface area contributed by atoms with Crippen molar-refractivity contribution in [1.82, 2.24) is 9.71 Å². The molecule has 0 spiro atoms. The van der Waals surface area contributed by atoms with E-state index in [1.165, 1.54) is 12.1 Å². The van der Waals surface area contributed by atoms with E-state index in [-0.39, 0.29) is 11.4 Å². The van der Waals surface area contributed by atoms with Gasteiger partial charge in [-0.25, -0.2) is 17.5 Å². The molecule has 1 N–H and O–H groups in total. The number of nitrogens with one attached hydrogen (secondary N) is 1. The molecule has 0 radical (unpaired) electrons. The number of halogens is 1. The smallest absolute Gasteiger partial charge is 0.241 e. The van der Waals surface area contributed by atoms with Crippen LogP contribution < -0.4 is 4.72 Å². The first-order valence-electron chi connectivity index (χ1n) is 5.64. The topological polar surface area (TPSA) is 59.1 Å². The number of nitrogens with zero attached hydrogens (tertiary/aromatic N) is 1. The predicted molar refractivity (Wildman–Crippen MR) is 69.4 cm³/mol. The number of hydrogen-bond donors (Lipinski definition) is 1. The second-order valence-corrected chi connectivity index (χ2v) is 5.83. The fourth-order valence-corrected chi connectivity index (χ4v) is 2.92. The number of hydrogen-bond acceptors (Lipinski definition) is 3. The zero-order chi connectivity index (χ0) is 13.9. The van der Waals surface area contributed by atoms with Crippen molar-refractivity contribution in [2.24, 2.45) is 0 Å². The van der Waals surface area contributed by atoms with Gasteiger partial charge in [0.05, 0.1) is 4.90 Å². The summed E-state index contributed by atoms with van der Waals surface area (Å²) in [5, 5.41) is 0. The van der Waals surface area contributed by atoms with E-state index in [4.69, 9.17) is 0 Å². The van der Waals surface area contributed by atoms with Crippen LogP contribution in [0.15, 0.2) is 47.6 Å². The molecule has 0 unspecified atom stereocenters. The average Bonchev–Trinajstić information content (AvgIpc) is 2.37. The standard InChI is InChI=1S/C13H13FN2O2S/c1-10-7-12(14)4-5-13(10)19(17,18)16-9-11-3-2-6-15-8-11/h2-8,16H,9H2,1H3. The summed E-state index contributed by atoms with van der Waals surface area (Å²) in [5.41, 5.74) is 1.13. The Morgan fingerprint density at radius 2 is 2.11 bits per heavy atom. The monoisotopic (exact) mass is 280 g/mol. The van der Waals surface area contributed by atoms with Gasteiger partial charge in [0.15, 0.2) is 0 Å². The third-order valence-corrected chi connectivity index (χ3v) is 4.18. The number of benzene rings is 1. The molecule has 1 aromatic carbocycles. The molecule has 0 aliphatic heterocycles. The molecule has 4 nitrogen and oxygen atoms in total. The first kappa shape index (κ1) is 13.6. The highest BCUT2D eigenvalue weighted by molar-refractivity contribution is 7.89. The Morgan fingerprint density at radius 3 is 2.74 bits per heavy atom. The quantitative estimate of drug-likeness (QED) is 0.932. The van der Waals surface area contributed by atoms with Gasteiger partial charge in [-0.15, -0.1) is 0 Å². The first-order valence-corrected chi connectivity index (χ1v) is 7.12. The van der Waals surface area contributed by atoms with Crippen LogP contribution in [0, 0.1) is 12.7 Å². The molecule has 0 aliphatic carbocycles. The second-order valence-electron chi connectivity index (χ2n) is 4.10. The van der Waals surface area contributed by atoms with Gasteiger partial charge in [-0.05, 0) is 42.3 Å². The fraction of sp³-hybridized carbons (Fsp3) is 0.154. The van der Waals surface area contributed by atoms with Gasteiger partial charge in [-0.2, -0.15) is 0 Å². The zero-order valence-electron chi connectivity index (χ0n) is 10.3. The zero-order valence-corrected chi connectivity index (χ0v) is 11.1. The summed E-state index contributed by atoms with van der Waals surface area (Å²) in [5.74, 6) is -0.455. The molecule has 6 heteroatoms. The van der Waals surface area contributed by atoms with Gasteiger partial charge in [0.25, 0.3) is 0 Å². The minimum atomic E-state index is -3.65. The maximum atomic E-state index is 13.0. The lowest BCUT2D eigenvalue weighted by molar-refractivity contribution is 0.579. The van der Waals surface area contributed by atoms with E-state index < -0.39 is 15.8 Å². The van der Waals surface area contributed by atoms with Crippen molar-refractivity contribution >= 4 is 10.0 Å². The van der Waals surface area contributed by atoms with Gasteiger partial charge in [-0.1, -0.05) is 6.07 Å². The Kier molecular flexibility index (Phi) is 3.92. The second kappa shape index (κ2) is 5.46. The fourth-order valence-electron chi connectivity index (χ4n) is 1.67. The lowest BCUT2D eigenvalue weighted by Gasteiger charge is -2.09. The van der Waals surface area contributed by atoms with E-state index in [1.54, 1.807) is 31.5 Å². The van der Waals surface area contributed by atoms with Crippen LogP contribution in [0.25, 0.3) is 0 Å². The molecule has 1 heterocycles. The summed E-state index contributed by atoms with van der Waals surface area (Å²) in [4.78, 5) is 3.98. The van der Waals surface area contributed by atoms with E-state index in [9.17, 15) is 12.8 Å². The third kappa shape index (κ3) is 3.36. The van der Waals surface area contributed by atoms with Gasteiger partial charge in [0.2, 0.25) is 10.0 Å². The summed E-state index contributed by atoms with van der Waals surface area (Å²) >= 11 is 0. The molecule has 19 heavy (non-hydrogen) atoms. The Labute approximate surface area is 111 Å². The van der Waals surface area contributed by atoms with Crippen molar-refractivity contribution in [3.05, 3.63) is 59.7 Å².